The van der Waals surface area contributed by atoms with E-state index in [4.69, 9.17) is 10.2 Å². The van der Waals surface area contributed by atoms with Crippen LogP contribution in [0.2, 0.25) is 0 Å². The normalized spacial score (nSPS) is 9.80. The molecule has 1 aromatic heterocycles. The van der Waals surface area contributed by atoms with Gasteiger partial charge in [-0.3, -0.25) is 4.98 Å². The van der Waals surface area contributed by atoms with Crippen molar-refractivity contribution in [2.24, 2.45) is 0 Å². The first-order valence-electron chi connectivity index (χ1n) is 3.01. The molecule has 0 spiro atoms. The van der Waals surface area contributed by atoms with Crippen LogP contribution in [0.4, 0.5) is 0 Å². The van der Waals surface area contributed by atoms with Crippen LogP contribution in [0.25, 0.3) is 0 Å². The van der Waals surface area contributed by atoms with E-state index in [1.807, 2.05) is 0 Å². The van der Waals surface area contributed by atoms with Crippen LogP contribution in [0.1, 0.15) is 11.1 Å². The number of hydrogen-bond donors (Lipinski definition) is 2. The van der Waals surface area contributed by atoms with Crippen molar-refractivity contribution >= 4 is 0 Å². The molecule has 3 nitrogen and oxygen atoms in total. The lowest BCUT2D eigenvalue weighted by molar-refractivity contribution is 0.274. The van der Waals surface area contributed by atoms with Gasteiger partial charge in [0, 0.05) is 12.4 Å². The second kappa shape index (κ2) is 3.29. The van der Waals surface area contributed by atoms with E-state index in [1.165, 1.54) is 0 Å². The minimum absolute atomic E-state index is 0.0269. The molecule has 1 rings (SSSR count). The molecule has 0 atom stereocenters. The highest BCUT2D eigenvalue weighted by molar-refractivity contribution is 5.16. The van der Waals surface area contributed by atoms with Crippen molar-refractivity contribution in [3.63, 3.8) is 0 Å². The van der Waals surface area contributed by atoms with Gasteiger partial charge in [-0.15, -0.1) is 0 Å². The third-order valence-corrected chi connectivity index (χ3v) is 1.22. The van der Waals surface area contributed by atoms with Crippen LogP contribution in [0.3, 0.4) is 0 Å². The van der Waals surface area contributed by atoms with E-state index in [9.17, 15) is 0 Å². The van der Waals surface area contributed by atoms with Gasteiger partial charge >= 0.3 is 0 Å². The topological polar surface area (TPSA) is 53.4 Å². The first-order chi connectivity index (χ1) is 4.86. The molecule has 0 fully saturated rings. The maximum Gasteiger partial charge on any atom is 0.0696 e. The van der Waals surface area contributed by atoms with Gasteiger partial charge in [-0.05, 0) is 17.2 Å². The number of nitrogens with zero attached hydrogens (tertiary/aromatic N) is 1. The SMILES string of the molecule is OCc1cncc(CO)c1. The molecule has 1 heterocycles. The lowest BCUT2D eigenvalue weighted by Crippen LogP contribution is -1.89. The quantitative estimate of drug-likeness (QED) is 0.609. The molecule has 3 heteroatoms. The number of hydrogen-bond acceptors (Lipinski definition) is 3. The van der Waals surface area contributed by atoms with Crippen LogP contribution in [0, 0.1) is 0 Å². The van der Waals surface area contributed by atoms with E-state index < -0.39 is 0 Å². The van der Waals surface area contributed by atoms with Crippen molar-refractivity contribution in [3.05, 3.63) is 29.6 Å². The first kappa shape index (κ1) is 7.18. The zero-order valence-corrected chi connectivity index (χ0v) is 5.49. The summed E-state index contributed by atoms with van der Waals surface area (Å²) >= 11 is 0. The molecule has 0 bridgehead atoms. The van der Waals surface area contributed by atoms with Crippen LogP contribution < -0.4 is 0 Å². The molecule has 0 unspecified atom stereocenters. The number of aromatic nitrogens is 1. The summed E-state index contributed by atoms with van der Waals surface area (Å²) in [5.41, 5.74) is 1.46. The van der Waals surface area contributed by atoms with E-state index in [0.717, 1.165) is 11.1 Å². The van der Waals surface area contributed by atoms with Crippen molar-refractivity contribution in [2.75, 3.05) is 0 Å². The minimum Gasteiger partial charge on any atom is -0.392 e. The Morgan fingerprint density at radius 3 is 2.00 bits per heavy atom. The molecule has 2 N–H and O–H groups in total. The summed E-state index contributed by atoms with van der Waals surface area (Å²) in [7, 11) is 0. The monoisotopic (exact) mass is 139 g/mol. The summed E-state index contributed by atoms with van der Waals surface area (Å²) in [5, 5.41) is 17.3. The molecular formula is C7H9NO2. The van der Waals surface area contributed by atoms with Crippen molar-refractivity contribution in [2.45, 2.75) is 13.2 Å². The van der Waals surface area contributed by atoms with Crippen LogP contribution >= 0.6 is 0 Å². The summed E-state index contributed by atoms with van der Waals surface area (Å²) in [6.45, 7) is -0.0539. The number of rotatable bonds is 2. The maximum absolute atomic E-state index is 8.64. The van der Waals surface area contributed by atoms with Crippen molar-refractivity contribution in [1.82, 2.24) is 4.98 Å². The first-order valence-corrected chi connectivity index (χ1v) is 3.01. The van der Waals surface area contributed by atoms with Crippen LogP contribution in [-0.2, 0) is 13.2 Å². The number of aliphatic hydroxyl groups excluding tert-OH is 2. The van der Waals surface area contributed by atoms with E-state index in [2.05, 4.69) is 4.98 Å². The van der Waals surface area contributed by atoms with Gasteiger partial charge in [0.1, 0.15) is 0 Å². The summed E-state index contributed by atoms with van der Waals surface area (Å²) < 4.78 is 0. The lowest BCUT2D eigenvalue weighted by Gasteiger charge is -1.96. The molecule has 0 aliphatic carbocycles. The summed E-state index contributed by atoms with van der Waals surface area (Å²) in [5.74, 6) is 0. The second-order valence-corrected chi connectivity index (χ2v) is 2.02. The van der Waals surface area contributed by atoms with Gasteiger partial charge in [0.15, 0.2) is 0 Å². The van der Waals surface area contributed by atoms with Crippen molar-refractivity contribution in [1.29, 1.82) is 0 Å². The third kappa shape index (κ3) is 1.52. The Balaban J connectivity index is 2.87. The van der Waals surface area contributed by atoms with Gasteiger partial charge in [-0.1, -0.05) is 0 Å². The van der Waals surface area contributed by atoms with Gasteiger partial charge in [0.25, 0.3) is 0 Å². The Morgan fingerprint density at radius 1 is 1.10 bits per heavy atom. The fourth-order valence-corrected chi connectivity index (χ4v) is 0.714. The molecule has 0 amide bonds. The molecule has 0 aromatic carbocycles. The number of aliphatic hydroxyl groups is 2. The molecule has 0 radical (unpaired) electrons. The Labute approximate surface area is 59.0 Å². The van der Waals surface area contributed by atoms with E-state index in [-0.39, 0.29) is 13.2 Å². The molecule has 1 aromatic rings. The van der Waals surface area contributed by atoms with E-state index >= 15 is 0 Å². The zero-order valence-electron chi connectivity index (χ0n) is 5.49. The van der Waals surface area contributed by atoms with Crippen LogP contribution in [-0.4, -0.2) is 15.2 Å². The Hall–Kier alpha value is -0.930. The highest BCUT2D eigenvalue weighted by Gasteiger charge is 1.92. The Kier molecular flexibility index (Phi) is 2.36. The Bertz CT molecular complexity index is 193. The second-order valence-electron chi connectivity index (χ2n) is 2.02. The van der Waals surface area contributed by atoms with Crippen LogP contribution in [0.15, 0.2) is 18.5 Å². The summed E-state index contributed by atoms with van der Waals surface area (Å²) in [6.07, 6.45) is 3.14. The zero-order chi connectivity index (χ0) is 7.40. The fourth-order valence-electron chi connectivity index (χ4n) is 0.714. The summed E-state index contributed by atoms with van der Waals surface area (Å²) in [4.78, 5) is 3.81. The largest absolute Gasteiger partial charge is 0.392 e. The highest BCUT2D eigenvalue weighted by Crippen LogP contribution is 2.01. The average Bonchev–Trinajstić information content (AvgIpc) is 2.05. The van der Waals surface area contributed by atoms with Gasteiger partial charge in [-0.25, -0.2) is 0 Å². The van der Waals surface area contributed by atoms with Crippen molar-refractivity contribution < 1.29 is 10.2 Å². The number of pyridine rings is 1. The standard InChI is InChI=1S/C7H9NO2/c9-4-6-1-7(5-10)3-8-2-6/h1-3,9-10H,4-5H2. The lowest BCUT2D eigenvalue weighted by atomic mass is 10.2. The van der Waals surface area contributed by atoms with E-state index in [1.54, 1.807) is 18.5 Å². The summed E-state index contributed by atoms with van der Waals surface area (Å²) in [6, 6.07) is 1.72. The Morgan fingerprint density at radius 2 is 1.60 bits per heavy atom. The van der Waals surface area contributed by atoms with Crippen molar-refractivity contribution in [3.8, 4) is 0 Å². The van der Waals surface area contributed by atoms with Crippen LogP contribution in [0.5, 0.6) is 0 Å². The van der Waals surface area contributed by atoms with Gasteiger partial charge in [-0.2, -0.15) is 0 Å². The molecule has 54 valence electrons. The predicted octanol–water partition coefficient (Wildman–Crippen LogP) is 0.0662. The molecule has 0 saturated carbocycles. The highest BCUT2D eigenvalue weighted by atomic mass is 16.3. The fraction of sp³-hybridized carbons (Fsp3) is 0.286. The molecular weight excluding hydrogens is 130 g/mol. The third-order valence-electron chi connectivity index (χ3n) is 1.22. The predicted molar refractivity (Wildman–Crippen MR) is 36.1 cm³/mol. The van der Waals surface area contributed by atoms with Gasteiger partial charge < -0.3 is 10.2 Å². The van der Waals surface area contributed by atoms with Gasteiger partial charge in [0.2, 0.25) is 0 Å². The van der Waals surface area contributed by atoms with Gasteiger partial charge in [0.05, 0.1) is 13.2 Å². The molecule has 0 aliphatic rings. The maximum atomic E-state index is 8.64. The average molecular weight is 139 g/mol. The smallest absolute Gasteiger partial charge is 0.0696 e. The minimum atomic E-state index is -0.0269. The van der Waals surface area contributed by atoms with E-state index in [0.29, 0.717) is 0 Å². The molecule has 10 heavy (non-hydrogen) atoms. The molecule has 0 aliphatic heterocycles. The molecule has 0 saturated heterocycles.